The minimum atomic E-state index is 0.260. The van der Waals surface area contributed by atoms with Crippen molar-refractivity contribution in [3.8, 4) is 33.7 Å². The summed E-state index contributed by atoms with van der Waals surface area (Å²) in [6.07, 6.45) is 5.72. The molecule has 4 heteroatoms. The van der Waals surface area contributed by atoms with E-state index < -0.39 is 0 Å². The number of nitrogens with zero attached hydrogens (tertiary/aromatic N) is 2. The highest BCUT2D eigenvalue weighted by Crippen LogP contribution is 2.36. The Morgan fingerprint density at radius 3 is 2.24 bits per heavy atom. The molecule has 0 aliphatic carbocycles. The largest absolute Gasteiger partial charge is 0.508 e. The van der Waals surface area contributed by atoms with Gasteiger partial charge in [-0.1, -0.05) is 36.4 Å². The number of anilines is 1. The molecule has 0 saturated heterocycles. The zero-order valence-electron chi connectivity index (χ0n) is 15.7. The maximum atomic E-state index is 9.66. The van der Waals surface area contributed by atoms with E-state index >= 15 is 0 Å². The smallest absolute Gasteiger partial charge is 0.115 e. The Hall–Kier alpha value is -4.05. The number of phenols is 1. The van der Waals surface area contributed by atoms with Gasteiger partial charge in [-0.15, -0.1) is 0 Å². The highest BCUT2D eigenvalue weighted by atomic mass is 16.3. The van der Waals surface area contributed by atoms with Crippen molar-refractivity contribution in [3.05, 3.63) is 97.5 Å². The molecule has 0 radical (unpaired) electrons. The average Bonchev–Trinajstić information content (AvgIpc) is 3.14. The van der Waals surface area contributed by atoms with Gasteiger partial charge in [-0.3, -0.25) is 4.98 Å². The predicted molar refractivity (Wildman–Crippen MR) is 118 cm³/mol. The first-order valence-electron chi connectivity index (χ1n) is 9.40. The van der Waals surface area contributed by atoms with Gasteiger partial charge in [0.15, 0.2) is 0 Å². The fourth-order valence-corrected chi connectivity index (χ4v) is 3.71. The SMILES string of the molecule is Nc1cccc(-c2ccc3c(-c4ccc(O)cc4)cn(-c4ccncc4)c3c2)c1. The van der Waals surface area contributed by atoms with E-state index in [-0.39, 0.29) is 5.75 Å². The highest BCUT2D eigenvalue weighted by Gasteiger charge is 2.13. The second kappa shape index (κ2) is 6.84. The summed E-state index contributed by atoms with van der Waals surface area (Å²) in [4.78, 5) is 4.15. The second-order valence-electron chi connectivity index (χ2n) is 7.02. The van der Waals surface area contributed by atoms with Crippen LogP contribution in [0.25, 0.3) is 38.8 Å². The summed E-state index contributed by atoms with van der Waals surface area (Å²) in [6, 6.07) is 25.7. The van der Waals surface area contributed by atoms with Crippen LogP contribution in [0.3, 0.4) is 0 Å². The number of hydrogen-bond donors (Lipinski definition) is 2. The van der Waals surface area contributed by atoms with Crippen LogP contribution in [0.1, 0.15) is 0 Å². The molecule has 140 valence electrons. The van der Waals surface area contributed by atoms with Crippen LogP contribution in [0.15, 0.2) is 97.5 Å². The fourth-order valence-electron chi connectivity index (χ4n) is 3.71. The lowest BCUT2D eigenvalue weighted by Gasteiger charge is -2.07. The van der Waals surface area contributed by atoms with Crippen molar-refractivity contribution in [1.29, 1.82) is 0 Å². The minimum absolute atomic E-state index is 0.260. The molecule has 0 amide bonds. The molecule has 0 aliphatic heterocycles. The van der Waals surface area contributed by atoms with Crippen molar-refractivity contribution in [2.45, 2.75) is 0 Å². The molecule has 2 heterocycles. The second-order valence-corrected chi connectivity index (χ2v) is 7.02. The van der Waals surface area contributed by atoms with Crippen LogP contribution in [0.2, 0.25) is 0 Å². The molecule has 3 aromatic carbocycles. The van der Waals surface area contributed by atoms with Gasteiger partial charge in [0, 0.05) is 40.9 Å². The molecule has 0 atom stereocenters. The van der Waals surface area contributed by atoms with Gasteiger partial charge in [-0.05, 0) is 59.2 Å². The van der Waals surface area contributed by atoms with E-state index in [0.29, 0.717) is 0 Å². The maximum Gasteiger partial charge on any atom is 0.115 e. The summed E-state index contributed by atoms with van der Waals surface area (Å²) in [6.45, 7) is 0. The normalized spacial score (nSPS) is 11.0. The molecule has 0 saturated carbocycles. The van der Waals surface area contributed by atoms with E-state index in [4.69, 9.17) is 5.73 Å². The number of benzene rings is 3. The van der Waals surface area contributed by atoms with Gasteiger partial charge in [0.2, 0.25) is 0 Å². The molecule has 0 aliphatic rings. The Morgan fingerprint density at radius 1 is 0.759 bits per heavy atom. The first-order valence-corrected chi connectivity index (χ1v) is 9.40. The number of rotatable bonds is 3. The molecule has 4 nitrogen and oxygen atoms in total. The van der Waals surface area contributed by atoms with Crippen LogP contribution < -0.4 is 5.73 Å². The van der Waals surface area contributed by atoms with Gasteiger partial charge in [0.1, 0.15) is 5.75 Å². The molecule has 2 aromatic heterocycles. The van der Waals surface area contributed by atoms with Gasteiger partial charge in [0.25, 0.3) is 0 Å². The molecular weight excluding hydrogens is 358 g/mol. The number of aromatic hydroxyl groups is 1. The lowest BCUT2D eigenvalue weighted by molar-refractivity contribution is 0.475. The number of hydrogen-bond acceptors (Lipinski definition) is 3. The summed E-state index contributed by atoms with van der Waals surface area (Å²) in [7, 11) is 0. The lowest BCUT2D eigenvalue weighted by atomic mass is 10.0. The topological polar surface area (TPSA) is 64.1 Å². The minimum Gasteiger partial charge on any atom is -0.508 e. The molecule has 0 fully saturated rings. The Bertz CT molecular complexity index is 1310. The summed E-state index contributed by atoms with van der Waals surface area (Å²) < 4.78 is 2.18. The van der Waals surface area contributed by atoms with Crippen molar-refractivity contribution in [2.24, 2.45) is 0 Å². The molecule has 0 unspecified atom stereocenters. The van der Waals surface area contributed by atoms with Crippen LogP contribution in [0, 0.1) is 0 Å². The van der Waals surface area contributed by atoms with Crippen molar-refractivity contribution in [1.82, 2.24) is 9.55 Å². The van der Waals surface area contributed by atoms with Crippen molar-refractivity contribution in [2.75, 3.05) is 5.73 Å². The average molecular weight is 377 g/mol. The van der Waals surface area contributed by atoms with E-state index in [1.54, 1.807) is 24.5 Å². The van der Waals surface area contributed by atoms with Crippen LogP contribution in [0.5, 0.6) is 5.75 Å². The van der Waals surface area contributed by atoms with E-state index in [1.807, 2.05) is 42.5 Å². The molecule has 3 N–H and O–H groups in total. The zero-order chi connectivity index (χ0) is 19.8. The third-order valence-electron chi connectivity index (χ3n) is 5.14. The molecular formula is C25H19N3O. The molecule has 5 aromatic rings. The van der Waals surface area contributed by atoms with Gasteiger partial charge in [0.05, 0.1) is 5.52 Å². The number of aromatic nitrogens is 2. The molecule has 0 spiro atoms. The Morgan fingerprint density at radius 2 is 1.48 bits per heavy atom. The third kappa shape index (κ3) is 3.11. The summed E-state index contributed by atoms with van der Waals surface area (Å²) in [5.74, 6) is 0.260. The van der Waals surface area contributed by atoms with Gasteiger partial charge >= 0.3 is 0 Å². The number of nitrogens with two attached hydrogens (primary N) is 1. The van der Waals surface area contributed by atoms with E-state index in [1.165, 1.54) is 0 Å². The number of nitrogen functional groups attached to an aromatic ring is 1. The third-order valence-corrected chi connectivity index (χ3v) is 5.14. The maximum absolute atomic E-state index is 9.66. The quantitative estimate of drug-likeness (QED) is 0.400. The van der Waals surface area contributed by atoms with Crippen LogP contribution in [-0.4, -0.2) is 14.7 Å². The number of fused-ring (bicyclic) bond motifs is 1. The van der Waals surface area contributed by atoms with Gasteiger partial charge < -0.3 is 15.4 Å². The first-order chi connectivity index (χ1) is 14.2. The van der Waals surface area contributed by atoms with Crippen molar-refractivity contribution < 1.29 is 5.11 Å². The summed E-state index contributed by atoms with van der Waals surface area (Å²) >= 11 is 0. The monoisotopic (exact) mass is 377 g/mol. The summed E-state index contributed by atoms with van der Waals surface area (Å²) in [5, 5.41) is 10.8. The Balaban J connectivity index is 1.76. The van der Waals surface area contributed by atoms with Crippen LogP contribution in [0.4, 0.5) is 5.69 Å². The zero-order valence-corrected chi connectivity index (χ0v) is 15.7. The fraction of sp³-hybridized carbons (Fsp3) is 0. The molecule has 29 heavy (non-hydrogen) atoms. The standard InChI is InChI=1S/C25H19N3O/c26-20-3-1-2-18(14-20)19-6-9-23-24(17-4-7-22(29)8-5-17)16-28(25(23)15-19)21-10-12-27-13-11-21/h1-16,29H,26H2. The van der Waals surface area contributed by atoms with Crippen molar-refractivity contribution >= 4 is 16.6 Å². The lowest BCUT2D eigenvalue weighted by Crippen LogP contribution is -1.92. The van der Waals surface area contributed by atoms with Gasteiger partial charge in [-0.2, -0.15) is 0 Å². The Labute approximate surface area is 168 Å². The number of phenolic OH excluding ortho intramolecular Hbond substituents is 1. The van der Waals surface area contributed by atoms with E-state index in [2.05, 4.69) is 40.0 Å². The molecule has 0 bridgehead atoms. The number of pyridine rings is 1. The van der Waals surface area contributed by atoms with Gasteiger partial charge in [-0.25, -0.2) is 0 Å². The predicted octanol–water partition coefficient (Wildman–Crippen LogP) is 5.65. The first kappa shape index (κ1) is 17.1. The van der Waals surface area contributed by atoms with Crippen LogP contribution in [-0.2, 0) is 0 Å². The summed E-state index contributed by atoms with van der Waals surface area (Å²) in [5.41, 5.74) is 13.2. The highest BCUT2D eigenvalue weighted by molar-refractivity contribution is 5.99. The van der Waals surface area contributed by atoms with Crippen LogP contribution >= 0.6 is 0 Å². The van der Waals surface area contributed by atoms with E-state index in [9.17, 15) is 5.11 Å². The molecule has 5 rings (SSSR count). The Kier molecular flexibility index (Phi) is 4.03. The van der Waals surface area contributed by atoms with E-state index in [0.717, 1.165) is 44.5 Å². The van der Waals surface area contributed by atoms with Crippen molar-refractivity contribution in [3.63, 3.8) is 0 Å².